The Morgan fingerprint density at radius 1 is 0.774 bits per heavy atom. The number of hydrogen-bond acceptors (Lipinski definition) is 8. The van der Waals surface area contributed by atoms with Gasteiger partial charge in [0.2, 0.25) is 0 Å². The Labute approximate surface area is 320 Å². The van der Waals surface area contributed by atoms with Crippen molar-refractivity contribution in [3.63, 3.8) is 0 Å². The molecular weight excluding hydrogens is 668 g/mol. The van der Waals surface area contributed by atoms with Gasteiger partial charge in [0.05, 0.1) is 5.60 Å². The van der Waals surface area contributed by atoms with Crippen molar-refractivity contribution in [3.05, 3.63) is 23.3 Å². The number of ether oxygens (including phenoxy) is 2. The third-order valence-electron chi connectivity index (χ3n) is 13.8. The van der Waals surface area contributed by atoms with Gasteiger partial charge in [-0.3, -0.25) is 14.4 Å². The Morgan fingerprint density at radius 2 is 1.25 bits per heavy atom. The van der Waals surface area contributed by atoms with E-state index in [-0.39, 0.29) is 19.4 Å². The highest BCUT2D eigenvalue weighted by Crippen LogP contribution is 2.75. The summed E-state index contributed by atoms with van der Waals surface area (Å²) in [6.45, 7) is 10.6. The Balaban J connectivity index is 1.18. The predicted octanol–water partition coefficient (Wildman–Crippen LogP) is 9.26. The maximum atomic E-state index is 13.4. The molecule has 4 rings (SSSR count). The molecule has 2 fully saturated rings. The molecule has 0 radical (unpaired) electrons. The van der Waals surface area contributed by atoms with Gasteiger partial charge in [0.15, 0.2) is 5.78 Å². The molecule has 0 saturated heterocycles. The van der Waals surface area contributed by atoms with Crippen LogP contribution in [0.1, 0.15) is 183 Å². The maximum Gasteiger partial charge on any atom is 0.306 e. The normalized spacial score (nSPS) is 32.5. The first kappa shape index (κ1) is 43.7. The molecule has 0 aromatic carbocycles. The second kappa shape index (κ2) is 19.2. The van der Waals surface area contributed by atoms with Crippen LogP contribution in [0.25, 0.3) is 0 Å². The molecule has 0 unspecified atom stereocenters. The van der Waals surface area contributed by atoms with Gasteiger partial charge in [-0.2, -0.15) is 0 Å². The molecule has 8 nitrogen and oxygen atoms in total. The molecular formula is C45H74O8. The van der Waals surface area contributed by atoms with Crippen molar-refractivity contribution >= 4 is 17.7 Å². The van der Waals surface area contributed by atoms with Crippen molar-refractivity contribution in [2.75, 3.05) is 6.61 Å². The molecule has 0 spiro atoms. The molecule has 53 heavy (non-hydrogen) atoms. The summed E-state index contributed by atoms with van der Waals surface area (Å²) in [5.41, 5.74) is -4.89. The van der Waals surface area contributed by atoms with E-state index in [0.29, 0.717) is 17.6 Å². The lowest BCUT2D eigenvalue weighted by Gasteiger charge is -2.52. The average molecular weight is 743 g/mol. The molecule has 4 aliphatic carbocycles. The number of esters is 2. The first-order valence-electron chi connectivity index (χ1n) is 21.6. The highest BCUT2D eigenvalue weighted by Gasteiger charge is 2.85. The average Bonchev–Trinajstić information content (AvgIpc) is 3.50. The molecule has 3 N–H and O–H groups in total. The van der Waals surface area contributed by atoms with Crippen molar-refractivity contribution in [3.8, 4) is 0 Å². The van der Waals surface area contributed by atoms with Gasteiger partial charge in [-0.05, 0) is 24.5 Å². The summed E-state index contributed by atoms with van der Waals surface area (Å²) in [4.78, 5) is 38.4. The smallest absolute Gasteiger partial charge is 0.306 e. The molecule has 0 aliphatic heterocycles. The number of hydrogen-bond donors (Lipinski definition) is 3. The fourth-order valence-electron chi connectivity index (χ4n) is 10.5. The molecule has 4 aliphatic rings. The third kappa shape index (κ3) is 9.68. The molecule has 0 aromatic heterocycles. The minimum atomic E-state index is -1.94. The van der Waals surface area contributed by atoms with E-state index >= 15 is 0 Å². The maximum absolute atomic E-state index is 13.4. The summed E-state index contributed by atoms with van der Waals surface area (Å²) in [6.07, 6.45) is 28.3. The summed E-state index contributed by atoms with van der Waals surface area (Å²) in [7, 11) is 0. The van der Waals surface area contributed by atoms with Gasteiger partial charge >= 0.3 is 11.9 Å². The number of carbonyl (C=O) groups is 3. The molecule has 8 atom stereocenters. The summed E-state index contributed by atoms with van der Waals surface area (Å²) in [6, 6.07) is 0. The quantitative estimate of drug-likeness (QED) is 0.0507. The zero-order chi connectivity index (χ0) is 38.9. The summed E-state index contributed by atoms with van der Waals surface area (Å²) >= 11 is 0. The van der Waals surface area contributed by atoms with Crippen LogP contribution >= 0.6 is 0 Å². The van der Waals surface area contributed by atoms with Crippen molar-refractivity contribution in [1.82, 2.24) is 0 Å². The van der Waals surface area contributed by atoms with Crippen LogP contribution in [-0.2, 0) is 23.9 Å². The zero-order valence-electron chi connectivity index (χ0n) is 34.2. The van der Waals surface area contributed by atoms with Gasteiger partial charge in [-0.25, -0.2) is 0 Å². The fourth-order valence-corrected chi connectivity index (χ4v) is 10.5. The molecule has 0 aromatic rings. The lowest BCUT2D eigenvalue weighted by atomic mass is 9.59. The highest BCUT2D eigenvalue weighted by molar-refractivity contribution is 6.04. The van der Waals surface area contributed by atoms with Crippen molar-refractivity contribution < 1.29 is 39.2 Å². The van der Waals surface area contributed by atoms with Crippen molar-refractivity contribution in [2.24, 2.45) is 29.1 Å². The Hall–Kier alpha value is -2.03. The van der Waals surface area contributed by atoms with Crippen LogP contribution in [0.15, 0.2) is 23.3 Å². The van der Waals surface area contributed by atoms with Crippen molar-refractivity contribution in [2.45, 2.75) is 206 Å². The number of ketones is 1. The zero-order valence-corrected chi connectivity index (χ0v) is 34.2. The molecule has 8 heteroatoms. The fraction of sp³-hybridized carbons (Fsp3) is 0.844. The van der Waals surface area contributed by atoms with E-state index in [9.17, 15) is 29.7 Å². The van der Waals surface area contributed by atoms with Crippen LogP contribution in [-0.4, -0.2) is 62.6 Å². The van der Waals surface area contributed by atoms with E-state index in [1.54, 1.807) is 26.0 Å². The Bertz CT molecular complexity index is 1300. The van der Waals surface area contributed by atoms with Crippen molar-refractivity contribution in [1.29, 1.82) is 0 Å². The molecule has 0 heterocycles. The van der Waals surface area contributed by atoms with E-state index in [4.69, 9.17) is 9.47 Å². The number of aliphatic hydroxyl groups is 3. The highest BCUT2D eigenvalue weighted by atomic mass is 16.6. The summed E-state index contributed by atoms with van der Waals surface area (Å²) in [5, 5.41) is 36.9. The third-order valence-corrected chi connectivity index (χ3v) is 13.8. The van der Waals surface area contributed by atoms with E-state index in [2.05, 4.69) is 6.92 Å². The first-order valence-corrected chi connectivity index (χ1v) is 21.6. The summed E-state index contributed by atoms with van der Waals surface area (Å²) in [5.74, 6) is -4.32. The van der Waals surface area contributed by atoms with Crippen LogP contribution in [0.2, 0.25) is 0 Å². The number of Topliss-reactive ketones (excluding diaryl/α,β-unsaturated/α-hetero) is 1. The van der Waals surface area contributed by atoms with E-state index < -0.39 is 69.7 Å². The Morgan fingerprint density at radius 3 is 1.72 bits per heavy atom. The second-order valence-corrected chi connectivity index (χ2v) is 18.0. The van der Waals surface area contributed by atoms with Gasteiger partial charge in [0.25, 0.3) is 0 Å². The minimum absolute atomic E-state index is 0.0986. The lowest BCUT2D eigenvalue weighted by molar-refractivity contribution is -0.221. The number of carbonyl (C=O) groups excluding carboxylic acids is 3. The minimum Gasteiger partial charge on any atom is -0.461 e. The van der Waals surface area contributed by atoms with Gasteiger partial charge < -0.3 is 24.8 Å². The molecule has 0 bridgehead atoms. The van der Waals surface area contributed by atoms with Gasteiger partial charge in [0, 0.05) is 48.9 Å². The Kier molecular flexibility index (Phi) is 15.8. The van der Waals surface area contributed by atoms with Crippen LogP contribution in [0, 0.1) is 29.1 Å². The standard InChI is InChI=1S/C45H74O8/c1-7-8-9-10-11-12-13-14-15-16-17-18-19-20-21-22-23-24-25-26-27-38(47)53-41-33(3)44(50)36(39-42(5,6)45(39,41)51)29-35(31-52-34(4)46)30-43(49)37(44)28-32(2)40(43)48/h28-29,33,36-37,39,41,49-51H,7-27,30-31H2,1-6H3/t33-,36+,37-,39-,41-,43-,44-,45-/m1/s1. The molecule has 2 saturated carbocycles. The van der Waals surface area contributed by atoms with Crippen LogP contribution in [0.3, 0.4) is 0 Å². The first-order chi connectivity index (χ1) is 25.2. The predicted molar refractivity (Wildman–Crippen MR) is 209 cm³/mol. The largest absolute Gasteiger partial charge is 0.461 e. The van der Waals surface area contributed by atoms with Crippen LogP contribution in [0.5, 0.6) is 0 Å². The lowest BCUT2D eigenvalue weighted by Crippen LogP contribution is -2.65. The van der Waals surface area contributed by atoms with Gasteiger partial charge in [0.1, 0.15) is 23.9 Å². The second-order valence-electron chi connectivity index (χ2n) is 18.0. The monoisotopic (exact) mass is 743 g/mol. The van der Waals surface area contributed by atoms with E-state index in [1.807, 2.05) is 13.8 Å². The SMILES string of the molecule is CCCCCCCCCCCCCCCCCCCCCCC(=O)O[C@@H]1[C@@H](C)[C@@]2(O)[C@@H](C=C(COC(C)=O)C[C@]3(O)C(=O)C(C)=C[C@@H]23)[C@@H]2C(C)(C)[C@]12O. The van der Waals surface area contributed by atoms with E-state index in [1.165, 1.54) is 116 Å². The number of fused-ring (bicyclic) bond motifs is 5. The van der Waals surface area contributed by atoms with E-state index in [0.717, 1.165) is 12.8 Å². The summed E-state index contributed by atoms with van der Waals surface area (Å²) < 4.78 is 11.4. The van der Waals surface area contributed by atoms with Gasteiger partial charge in [-0.15, -0.1) is 0 Å². The number of unbranched alkanes of at least 4 members (excludes halogenated alkanes) is 19. The molecule has 302 valence electrons. The van der Waals surface area contributed by atoms with Crippen LogP contribution < -0.4 is 0 Å². The molecule has 0 amide bonds. The topological polar surface area (TPSA) is 130 Å². The van der Waals surface area contributed by atoms with Gasteiger partial charge in [-0.1, -0.05) is 162 Å². The van der Waals surface area contributed by atoms with Crippen LogP contribution in [0.4, 0.5) is 0 Å². The number of rotatable bonds is 24.